The van der Waals surface area contributed by atoms with Crippen LogP contribution in [0.2, 0.25) is 0 Å². The average molecular weight is 293 g/mol. The van der Waals surface area contributed by atoms with Crippen molar-refractivity contribution in [1.29, 1.82) is 0 Å². The maximum absolute atomic E-state index is 12.2. The van der Waals surface area contributed by atoms with Crippen molar-refractivity contribution in [1.82, 2.24) is 10.2 Å². The smallest absolute Gasteiger partial charge is 0.264 e. The summed E-state index contributed by atoms with van der Waals surface area (Å²) >= 11 is 0. The Bertz CT molecular complexity index is 423. The van der Waals surface area contributed by atoms with E-state index in [1.54, 1.807) is 0 Å². The number of hydrogen-bond acceptors (Lipinski definition) is 4. The van der Waals surface area contributed by atoms with Gasteiger partial charge in [0.1, 0.15) is 0 Å². The third kappa shape index (κ3) is 3.57. The second kappa shape index (κ2) is 5.95. The molecule has 2 heterocycles. The minimum Gasteiger partial charge on any atom is -0.382 e. The molecule has 3 aliphatic rings. The highest BCUT2D eigenvalue weighted by molar-refractivity contribution is 5.93. The van der Waals surface area contributed by atoms with Crippen LogP contribution in [0.3, 0.4) is 0 Å². The van der Waals surface area contributed by atoms with E-state index in [2.05, 4.69) is 29.2 Å². The number of rotatable bonds is 6. The molecule has 2 fully saturated rings. The molecule has 1 aliphatic carbocycles. The molecule has 1 atom stereocenters. The van der Waals surface area contributed by atoms with Crippen LogP contribution in [0.15, 0.2) is 5.16 Å². The van der Waals surface area contributed by atoms with E-state index in [9.17, 15) is 4.79 Å². The first-order valence-electron chi connectivity index (χ1n) is 8.31. The first-order valence-corrected chi connectivity index (χ1v) is 8.31. The van der Waals surface area contributed by atoms with Gasteiger partial charge < -0.3 is 15.1 Å². The number of nitrogens with one attached hydrogen (secondary N) is 1. The largest absolute Gasteiger partial charge is 0.382 e. The molecule has 1 amide bonds. The molecule has 5 heteroatoms. The van der Waals surface area contributed by atoms with Gasteiger partial charge in [-0.05, 0) is 44.7 Å². The number of hydrogen-bond donors (Lipinski definition) is 1. The molecule has 0 spiro atoms. The Labute approximate surface area is 127 Å². The second-order valence-electron chi connectivity index (χ2n) is 7.24. The minimum absolute atomic E-state index is 0.00194. The third-order valence-electron chi connectivity index (χ3n) is 5.00. The molecule has 3 rings (SSSR count). The molecular weight excluding hydrogens is 266 g/mol. The fourth-order valence-electron chi connectivity index (χ4n) is 3.25. The lowest BCUT2D eigenvalue weighted by Crippen LogP contribution is -2.41. The van der Waals surface area contributed by atoms with Crippen LogP contribution in [-0.4, -0.2) is 48.8 Å². The lowest BCUT2D eigenvalue weighted by Gasteiger charge is -2.23. The van der Waals surface area contributed by atoms with E-state index in [-0.39, 0.29) is 5.91 Å². The molecule has 0 aromatic heterocycles. The van der Waals surface area contributed by atoms with Gasteiger partial charge in [0.25, 0.3) is 5.91 Å². The Hall–Kier alpha value is -1.10. The second-order valence-corrected chi connectivity index (χ2v) is 7.24. The summed E-state index contributed by atoms with van der Waals surface area (Å²) in [5.41, 5.74) is 1.33. The SMILES string of the molecule is CC(C)C1=NO[C@H](C(=O)NCC2(CN3CCCC3)CC2)C1. The molecule has 2 aliphatic heterocycles. The van der Waals surface area contributed by atoms with Gasteiger partial charge in [0.15, 0.2) is 0 Å². The van der Waals surface area contributed by atoms with Crippen LogP contribution in [0.25, 0.3) is 0 Å². The number of carbonyl (C=O) groups is 1. The fraction of sp³-hybridized carbons (Fsp3) is 0.875. The van der Waals surface area contributed by atoms with E-state index < -0.39 is 6.10 Å². The van der Waals surface area contributed by atoms with Crippen LogP contribution in [0, 0.1) is 11.3 Å². The zero-order chi connectivity index (χ0) is 14.9. The van der Waals surface area contributed by atoms with Crippen LogP contribution in [0.4, 0.5) is 0 Å². The molecule has 0 radical (unpaired) electrons. The van der Waals surface area contributed by atoms with Crippen molar-refractivity contribution in [2.45, 2.75) is 52.1 Å². The van der Waals surface area contributed by atoms with Crippen LogP contribution < -0.4 is 5.32 Å². The van der Waals surface area contributed by atoms with Crippen molar-refractivity contribution in [3.8, 4) is 0 Å². The van der Waals surface area contributed by atoms with Gasteiger partial charge in [0.05, 0.1) is 5.71 Å². The van der Waals surface area contributed by atoms with Crippen molar-refractivity contribution < 1.29 is 9.63 Å². The molecule has 118 valence electrons. The van der Waals surface area contributed by atoms with Gasteiger partial charge in [-0.25, -0.2) is 0 Å². The third-order valence-corrected chi connectivity index (χ3v) is 5.00. The first kappa shape index (κ1) is 14.8. The van der Waals surface area contributed by atoms with Gasteiger partial charge in [0, 0.05) is 24.9 Å². The fourth-order valence-corrected chi connectivity index (χ4v) is 3.25. The lowest BCUT2D eigenvalue weighted by molar-refractivity contribution is -0.131. The highest BCUT2D eigenvalue weighted by Gasteiger charge is 2.44. The Balaban J connectivity index is 1.42. The van der Waals surface area contributed by atoms with Crippen molar-refractivity contribution in [3.05, 3.63) is 0 Å². The highest BCUT2D eigenvalue weighted by atomic mass is 16.6. The van der Waals surface area contributed by atoms with Crippen LogP contribution in [0.1, 0.15) is 46.0 Å². The molecule has 0 bridgehead atoms. The van der Waals surface area contributed by atoms with Crippen molar-refractivity contribution in [2.75, 3.05) is 26.2 Å². The van der Waals surface area contributed by atoms with E-state index in [0.717, 1.165) is 18.8 Å². The molecule has 1 saturated carbocycles. The Morgan fingerprint density at radius 3 is 2.71 bits per heavy atom. The summed E-state index contributed by atoms with van der Waals surface area (Å²) in [5.74, 6) is 0.356. The molecular formula is C16H27N3O2. The molecule has 0 unspecified atom stereocenters. The molecule has 0 aromatic rings. The summed E-state index contributed by atoms with van der Waals surface area (Å²) in [6.45, 7) is 8.56. The number of amides is 1. The van der Waals surface area contributed by atoms with E-state index in [1.807, 2.05) is 0 Å². The van der Waals surface area contributed by atoms with E-state index in [4.69, 9.17) is 4.84 Å². The van der Waals surface area contributed by atoms with Gasteiger partial charge >= 0.3 is 0 Å². The Morgan fingerprint density at radius 2 is 2.14 bits per heavy atom. The summed E-state index contributed by atoms with van der Waals surface area (Å²) in [6.07, 6.45) is 5.36. The molecule has 0 aromatic carbocycles. The van der Waals surface area contributed by atoms with Gasteiger partial charge in [-0.15, -0.1) is 0 Å². The predicted octanol–water partition coefficient (Wildman–Crippen LogP) is 1.78. The maximum atomic E-state index is 12.2. The summed E-state index contributed by atoms with van der Waals surface area (Å²) < 4.78 is 0. The minimum atomic E-state index is -0.412. The van der Waals surface area contributed by atoms with E-state index in [0.29, 0.717) is 17.8 Å². The first-order chi connectivity index (χ1) is 10.1. The van der Waals surface area contributed by atoms with Crippen molar-refractivity contribution in [2.24, 2.45) is 16.5 Å². The summed E-state index contributed by atoms with van der Waals surface area (Å²) in [6, 6.07) is 0. The lowest BCUT2D eigenvalue weighted by atomic mass is 10.0. The van der Waals surface area contributed by atoms with Crippen LogP contribution >= 0.6 is 0 Å². The quantitative estimate of drug-likeness (QED) is 0.812. The molecule has 21 heavy (non-hydrogen) atoms. The van der Waals surface area contributed by atoms with Gasteiger partial charge in [-0.2, -0.15) is 0 Å². The molecule has 1 saturated heterocycles. The summed E-state index contributed by atoms with van der Waals surface area (Å²) in [5, 5.41) is 7.13. The average Bonchev–Trinajstić information content (AvgIpc) is 2.89. The predicted molar refractivity (Wildman–Crippen MR) is 82.1 cm³/mol. The van der Waals surface area contributed by atoms with Gasteiger partial charge in [0.2, 0.25) is 6.10 Å². The highest BCUT2D eigenvalue weighted by Crippen LogP contribution is 2.46. The van der Waals surface area contributed by atoms with E-state index >= 15 is 0 Å². The number of oxime groups is 1. The van der Waals surface area contributed by atoms with E-state index in [1.165, 1.54) is 38.8 Å². The summed E-state index contributed by atoms with van der Waals surface area (Å²) in [4.78, 5) is 20.0. The van der Waals surface area contributed by atoms with Crippen molar-refractivity contribution in [3.63, 3.8) is 0 Å². The Kier molecular flexibility index (Phi) is 4.20. The monoisotopic (exact) mass is 293 g/mol. The number of nitrogens with zero attached hydrogens (tertiary/aromatic N) is 2. The van der Waals surface area contributed by atoms with Crippen LogP contribution in [0.5, 0.6) is 0 Å². The zero-order valence-electron chi connectivity index (χ0n) is 13.2. The Morgan fingerprint density at radius 1 is 1.43 bits per heavy atom. The molecule has 5 nitrogen and oxygen atoms in total. The summed E-state index contributed by atoms with van der Waals surface area (Å²) in [7, 11) is 0. The zero-order valence-corrected chi connectivity index (χ0v) is 13.2. The number of likely N-dealkylation sites (tertiary alicyclic amines) is 1. The number of carbonyl (C=O) groups excluding carboxylic acids is 1. The van der Waals surface area contributed by atoms with Gasteiger partial charge in [-0.1, -0.05) is 19.0 Å². The maximum Gasteiger partial charge on any atom is 0.264 e. The van der Waals surface area contributed by atoms with Crippen LogP contribution in [-0.2, 0) is 9.63 Å². The van der Waals surface area contributed by atoms with Gasteiger partial charge in [-0.3, -0.25) is 4.79 Å². The molecule has 1 N–H and O–H groups in total. The van der Waals surface area contributed by atoms with Crippen molar-refractivity contribution >= 4 is 11.6 Å². The topological polar surface area (TPSA) is 53.9 Å². The standard InChI is InChI=1S/C16H27N3O2/c1-12(2)13-9-14(21-18-13)15(20)17-10-16(5-6-16)11-19-7-3-4-8-19/h12,14H,3-11H2,1-2H3,(H,17,20)/t14-/m0/s1. The normalized spacial score (nSPS) is 27.6.